The molecule has 0 atom stereocenters. The van der Waals surface area contributed by atoms with Crippen LogP contribution in [0.1, 0.15) is 12.5 Å². The Morgan fingerprint density at radius 2 is 1.73 bits per heavy atom. The molecule has 0 N–H and O–H groups in total. The smallest absolute Gasteiger partial charge is 0.204 e. The van der Waals surface area contributed by atoms with Gasteiger partial charge in [-0.2, -0.15) is 0 Å². The van der Waals surface area contributed by atoms with Crippen LogP contribution in [0.2, 0.25) is 10.0 Å². The van der Waals surface area contributed by atoms with Crippen molar-refractivity contribution in [2.24, 2.45) is 0 Å². The Bertz CT molecular complexity index is 588. The van der Waals surface area contributed by atoms with Gasteiger partial charge < -0.3 is 0 Å². The quantitative estimate of drug-likeness (QED) is 0.727. The first-order chi connectivity index (χ1) is 6.87. The summed E-state index contributed by atoms with van der Waals surface area (Å²) >= 11 is 17.6. The summed E-state index contributed by atoms with van der Waals surface area (Å²) < 4.78 is 23.6. The molecule has 1 heterocycles. The van der Waals surface area contributed by atoms with Gasteiger partial charge >= 0.3 is 0 Å². The van der Waals surface area contributed by atoms with E-state index in [1.165, 1.54) is 19.1 Å². The Morgan fingerprint density at radius 1 is 1.13 bits per heavy atom. The molecule has 2 rings (SSSR count). The minimum absolute atomic E-state index is 0.114. The minimum atomic E-state index is -3.47. The molecule has 0 fully saturated rings. The van der Waals surface area contributed by atoms with Crippen LogP contribution in [-0.4, -0.2) is 8.42 Å². The number of allylic oxidation sites excluding steroid dienone is 1. The van der Waals surface area contributed by atoms with Gasteiger partial charge in [0.2, 0.25) is 9.84 Å². The van der Waals surface area contributed by atoms with E-state index >= 15 is 0 Å². The van der Waals surface area contributed by atoms with Crippen molar-refractivity contribution in [3.63, 3.8) is 0 Å². The SMILES string of the molecule is CC1=C(Cl)c2c(ccc(Cl)c2Cl)S1(=O)=O. The highest BCUT2D eigenvalue weighted by molar-refractivity contribution is 7.96. The van der Waals surface area contributed by atoms with Crippen LogP contribution in [0.4, 0.5) is 0 Å². The average molecular weight is 284 g/mol. The molecule has 2 nitrogen and oxygen atoms in total. The highest BCUT2D eigenvalue weighted by atomic mass is 35.5. The van der Waals surface area contributed by atoms with Crippen LogP contribution < -0.4 is 0 Å². The molecule has 0 saturated carbocycles. The molecular weight excluding hydrogens is 279 g/mol. The summed E-state index contributed by atoms with van der Waals surface area (Å²) in [6.45, 7) is 1.45. The molecule has 1 aromatic rings. The summed E-state index contributed by atoms with van der Waals surface area (Å²) in [4.78, 5) is 0.239. The normalized spacial score (nSPS) is 18.1. The number of hydrogen-bond acceptors (Lipinski definition) is 2. The lowest BCUT2D eigenvalue weighted by molar-refractivity contribution is 0.603. The zero-order valence-corrected chi connectivity index (χ0v) is 10.6. The van der Waals surface area contributed by atoms with Gasteiger partial charge in [0.1, 0.15) is 0 Å². The van der Waals surface area contributed by atoms with Gasteiger partial charge in [-0.05, 0) is 19.1 Å². The fourth-order valence-corrected chi connectivity index (χ4v) is 3.89. The van der Waals surface area contributed by atoms with Gasteiger partial charge in [0.05, 0.1) is 24.9 Å². The van der Waals surface area contributed by atoms with Crippen molar-refractivity contribution in [2.45, 2.75) is 11.8 Å². The van der Waals surface area contributed by atoms with E-state index in [1.54, 1.807) is 0 Å². The van der Waals surface area contributed by atoms with E-state index in [0.717, 1.165) is 0 Å². The summed E-state index contributed by atoms with van der Waals surface area (Å²) in [5, 5.41) is 0.621. The van der Waals surface area contributed by atoms with E-state index in [4.69, 9.17) is 34.8 Å². The van der Waals surface area contributed by atoms with Crippen molar-refractivity contribution in [2.75, 3.05) is 0 Å². The number of benzene rings is 1. The Morgan fingerprint density at radius 3 is 2.33 bits per heavy atom. The highest BCUT2D eigenvalue weighted by Crippen LogP contribution is 2.46. The van der Waals surface area contributed by atoms with Crippen LogP contribution >= 0.6 is 34.8 Å². The maximum atomic E-state index is 11.8. The van der Waals surface area contributed by atoms with Crippen molar-refractivity contribution in [1.29, 1.82) is 0 Å². The van der Waals surface area contributed by atoms with Crippen LogP contribution in [-0.2, 0) is 9.84 Å². The zero-order valence-electron chi connectivity index (χ0n) is 7.51. The first kappa shape index (κ1) is 11.3. The lowest BCUT2D eigenvalue weighted by Gasteiger charge is -2.03. The standard InChI is InChI=1S/C9H5Cl3O2S/c1-4-8(11)7-6(15(4,13)14)3-2-5(10)9(7)12/h2-3H,1H3. The number of halogens is 3. The molecule has 0 aromatic heterocycles. The molecule has 15 heavy (non-hydrogen) atoms. The van der Waals surface area contributed by atoms with Crippen LogP contribution in [0.3, 0.4) is 0 Å². The van der Waals surface area contributed by atoms with Crippen LogP contribution in [0, 0.1) is 0 Å². The monoisotopic (exact) mass is 282 g/mol. The van der Waals surface area contributed by atoms with E-state index in [9.17, 15) is 8.42 Å². The minimum Gasteiger partial charge on any atom is -0.219 e. The predicted molar refractivity (Wildman–Crippen MR) is 62.1 cm³/mol. The van der Waals surface area contributed by atoms with Gasteiger partial charge in [0.25, 0.3) is 0 Å². The third-order valence-electron chi connectivity index (χ3n) is 2.28. The summed E-state index contributed by atoms with van der Waals surface area (Å²) in [6, 6.07) is 2.86. The summed E-state index contributed by atoms with van der Waals surface area (Å²) in [5.74, 6) is 0. The largest absolute Gasteiger partial charge is 0.219 e. The molecule has 0 aliphatic carbocycles. The number of rotatable bonds is 0. The van der Waals surface area contributed by atoms with Crippen LogP contribution in [0.25, 0.3) is 5.03 Å². The maximum absolute atomic E-state index is 11.8. The third kappa shape index (κ3) is 1.41. The van der Waals surface area contributed by atoms with Crippen LogP contribution in [0.5, 0.6) is 0 Å². The molecule has 0 bridgehead atoms. The fraction of sp³-hybridized carbons (Fsp3) is 0.111. The first-order valence-corrected chi connectivity index (χ1v) is 6.59. The number of hydrogen-bond donors (Lipinski definition) is 0. The van der Waals surface area contributed by atoms with E-state index in [2.05, 4.69) is 0 Å². The van der Waals surface area contributed by atoms with Crippen LogP contribution in [0.15, 0.2) is 21.9 Å². The van der Waals surface area contributed by atoms with Gasteiger partial charge in [-0.15, -0.1) is 0 Å². The van der Waals surface area contributed by atoms with Gasteiger partial charge in [0.15, 0.2) is 0 Å². The zero-order chi connectivity index (χ0) is 11.4. The van der Waals surface area contributed by atoms with Gasteiger partial charge in [-0.3, -0.25) is 0 Å². The molecular formula is C9H5Cl3O2S. The van der Waals surface area contributed by atoms with E-state index < -0.39 is 9.84 Å². The second-order valence-corrected chi connectivity index (χ2v) is 6.33. The van der Waals surface area contributed by atoms with E-state index in [1.807, 2.05) is 0 Å². The molecule has 0 unspecified atom stereocenters. The first-order valence-electron chi connectivity index (χ1n) is 3.97. The van der Waals surface area contributed by atoms with E-state index in [-0.39, 0.29) is 19.9 Å². The van der Waals surface area contributed by atoms with Crippen molar-refractivity contribution in [3.8, 4) is 0 Å². The van der Waals surface area contributed by atoms with Crippen molar-refractivity contribution < 1.29 is 8.42 Å². The summed E-state index contributed by atoms with van der Waals surface area (Å²) in [5.41, 5.74) is 0.309. The Kier molecular flexibility index (Phi) is 2.54. The molecule has 6 heteroatoms. The molecule has 0 amide bonds. The van der Waals surface area contributed by atoms with E-state index in [0.29, 0.717) is 10.6 Å². The second kappa shape index (κ2) is 3.39. The third-order valence-corrected chi connectivity index (χ3v) is 5.60. The van der Waals surface area contributed by atoms with Crippen molar-refractivity contribution in [1.82, 2.24) is 0 Å². The summed E-state index contributed by atoms with van der Waals surface area (Å²) in [7, 11) is -3.47. The Labute approximate surface area is 102 Å². The molecule has 1 aromatic carbocycles. The molecule has 1 aliphatic rings. The Balaban J connectivity index is 2.95. The lowest BCUT2D eigenvalue weighted by Crippen LogP contribution is -1.97. The second-order valence-electron chi connectivity index (χ2n) is 3.11. The van der Waals surface area contributed by atoms with Gasteiger partial charge in [-0.1, -0.05) is 34.8 Å². The lowest BCUT2D eigenvalue weighted by atomic mass is 10.2. The number of sulfone groups is 1. The van der Waals surface area contributed by atoms with Gasteiger partial charge in [0, 0.05) is 5.56 Å². The average Bonchev–Trinajstić information content (AvgIpc) is 2.34. The molecule has 1 aliphatic heterocycles. The summed E-state index contributed by atoms with van der Waals surface area (Å²) in [6.07, 6.45) is 0. The van der Waals surface area contributed by atoms with Crippen molar-refractivity contribution >= 4 is 49.7 Å². The predicted octanol–water partition coefficient (Wildman–Crippen LogP) is 3.71. The molecule has 0 radical (unpaired) electrons. The van der Waals surface area contributed by atoms with Crippen molar-refractivity contribution in [3.05, 3.63) is 32.6 Å². The fourth-order valence-electron chi connectivity index (χ4n) is 1.42. The Hall–Kier alpha value is -0.220. The van der Waals surface area contributed by atoms with Gasteiger partial charge in [-0.25, -0.2) is 8.42 Å². The maximum Gasteiger partial charge on any atom is 0.204 e. The number of fused-ring (bicyclic) bond motifs is 1. The molecule has 80 valence electrons. The molecule has 0 spiro atoms. The topological polar surface area (TPSA) is 34.1 Å². The molecule has 0 saturated heterocycles. The highest BCUT2D eigenvalue weighted by Gasteiger charge is 2.34.